The zero-order chi connectivity index (χ0) is 23.6. The van der Waals surface area contributed by atoms with Crippen molar-refractivity contribution in [3.05, 3.63) is 51.6 Å². The molecule has 0 spiro atoms. The summed E-state index contributed by atoms with van der Waals surface area (Å²) >= 11 is 0. The van der Waals surface area contributed by atoms with Gasteiger partial charge >= 0.3 is 0 Å². The Morgan fingerprint density at radius 2 is 1.94 bits per heavy atom. The van der Waals surface area contributed by atoms with Gasteiger partial charge in [-0.3, -0.25) is 9.69 Å². The van der Waals surface area contributed by atoms with E-state index in [0.29, 0.717) is 12.6 Å². The molecule has 0 radical (unpaired) electrons. The molecule has 1 fully saturated rings. The summed E-state index contributed by atoms with van der Waals surface area (Å²) in [6, 6.07) is 8.72. The Morgan fingerprint density at radius 1 is 1.18 bits per heavy atom. The predicted molar refractivity (Wildman–Crippen MR) is 132 cm³/mol. The first-order chi connectivity index (χ1) is 15.8. The molecule has 1 atom stereocenters. The summed E-state index contributed by atoms with van der Waals surface area (Å²) in [7, 11) is 0. The number of pyridine rings is 1. The van der Waals surface area contributed by atoms with Crippen molar-refractivity contribution >= 4 is 10.9 Å². The molecule has 1 aliphatic rings. The van der Waals surface area contributed by atoms with Gasteiger partial charge in [-0.1, -0.05) is 44.7 Å². The summed E-state index contributed by atoms with van der Waals surface area (Å²) in [5.41, 5.74) is 2.72. The Balaban J connectivity index is 1.76. The monoisotopic (exact) mass is 450 g/mol. The third-order valence-electron chi connectivity index (χ3n) is 7.49. The molecular formula is C26H38N6O. The van der Waals surface area contributed by atoms with Gasteiger partial charge in [0.1, 0.15) is 0 Å². The molecule has 7 nitrogen and oxygen atoms in total. The molecule has 1 aliphatic carbocycles. The molecule has 0 bridgehead atoms. The first kappa shape index (κ1) is 23.6. The average Bonchev–Trinajstić information content (AvgIpc) is 3.31. The van der Waals surface area contributed by atoms with Crippen LogP contribution in [-0.4, -0.2) is 36.1 Å². The van der Waals surface area contributed by atoms with Gasteiger partial charge in [0.25, 0.3) is 5.56 Å². The summed E-state index contributed by atoms with van der Waals surface area (Å²) in [5.74, 6) is 0.906. The molecular weight excluding hydrogens is 412 g/mol. The molecule has 2 heterocycles. The predicted octanol–water partition coefficient (Wildman–Crippen LogP) is 5.25. The maximum absolute atomic E-state index is 13.1. The lowest BCUT2D eigenvalue weighted by Gasteiger charge is -2.40. The number of aromatic nitrogens is 5. The lowest BCUT2D eigenvalue weighted by Crippen LogP contribution is -2.42. The third-order valence-corrected chi connectivity index (χ3v) is 7.49. The summed E-state index contributed by atoms with van der Waals surface area (Å²) in [6.07, 6.45) is 7.89. The van der Waals surface area contributed by atoms with Gasteiger partial charge in [-0.15, -0.1) is 5.10 Å². The molecule has 0 amide bonds. The average molecular weight is 451 g/mol. The number of nitrogens with zero attached hydrogens (tertiary/aromatic N) is 5. The van der Waals surface area contributed by atoms with Gasteiger partial charge in [0.2, 0.25) is 0 Å². The van der Waals surface area contributed by atoms with Gasteiger partial charge in [-0.2, -0.15) is 0 Å². The molecule has 178 valence electrons. The standard InChI is InChI=1S/C26H38N6O/c1-6-23(24-28-29-30-32(24)26(4,5)7-2)31(21-11-9-8-10-12-21)17-20-16-19-15-18(3)13-14-22(19)27-25(20)33/h13-16,21,23H,6-12,17H2,1-5H3,(H,27,33)/t23-/m0/s1. The Kier molecular flexibility index (Phi) is 6.98. The third kappa shape index (κ3) is 4.88. The number of tetrazole rings is 1. The van der Waals surface area contributed by atoms with Crippen LogP contribution in [0, 0.1) is 6.92 Å². The minimum absolute atomic E-state index is 0.00417. The highest BCUT2D eigenvalue weighted by molar-refractivity contribution is 5.79. The second kappa shape index (κ2) is 9.75. The van der Waals surface area contributed by atoms with Gasteiger partial charge < -0.3 is 4.98 Å². The molecule has 0 aliphatic heterocycles. The van der Waals surface area contributed by atoms with Crippen molar-refractivity contribution in [2.75, 3.05) is 0 Å². The molecule has 1 aromatic carbocycles. The highest BCUT2D eigenvalue weighted by Gasteiger charge is 2.34. The van der Waals surface area contributed by atoms with Gasteiger partial charge in [0.15, 0.2) is 5.82 Å². The molecule has 4 rings (SSSR count). The second-order valence-electron chi connectivity index (χ2n) is 10.2. The lowest BCUT2D eigenvalue weighted by atomic mass is 9.91. The van der Waals surface area contributed by atoms with Crippen molar-refractivity contribution in [2.24, 2.45) is 0 Å². The molecule has 33 heavy (non-hydrogen) atoms. The van der Waals surface area contributed by atoms with Crippen molar-refractivity contribution in [3.63, 3.8) is 0 Å². The minimum atomic E-state index is -0.164. The van der Waals surface area contributed by atoms with Crippen molar-refractivity contribution in [1.29, 1.82) is 0 Å². The topological polar surface area (TPSA) is 79.7 Å². The van der Waals surface area contributed by atoms with Gasteiger partial charge in [-0.05, 0) is 80.5 Å². The molecule has 1 saturated carbocycles. The van der Waals surface area contributed by atoms with E-state index in [-0.39, 0.29) is 17.1 Å². The molecule has 0 saturated heterocycles. The van der Waals surface area contributed by atoms with Crippen LogP contribution >= 0.6 is 0 Å². The number of nitrogens with one attached hydrogen (secondary N) is 1. The number of H-pyrrole nitrogens is 1. The van der Waals surface area contributed by atoms with Gasteiger partial charge in [0, 0.05) is 23.7 Å². The summed E-state index contributed by atoms with van der Waals surface area (Å²) in [4.78, 5) is 18.7. The van der Waals surface area contributed by atoms with Crippen LogP contribution in [0.3, 0.4) is 0 Å². The van der Waals surface area contributed by atoms with E-state index < -0.39 is 0 Å². The lowest BCUT2D eigenvalue weighted by molar-refractivity contribution is 0.0801. The Bertz CT molecular complexity index is 1140. The van der Waals surface area contributed by atoms with E-state index in [1.54, 1.807) is 0 Å². The van der Waals surface area contributed by atoms with Crippen LogP contribution in [0.2, 0.25) is 0 Å². The fraction of sp³-hybridized carbons (Fsp3) is 0.615. The number of hydrogen-bond acceptors (Lipinski definition) is 5. The molecule has 0 unspecified atom stereocenters. The van der Waals surface area contributed by atoms with Crippen molar-refractivity contribution in [3.8, 4) is 0 Å². The van der Waals surface area contributed by atoms with Crippen molar-refractivity contribution < 1.29 is 0 Å². The summed E-state index contributed by atoms with van der Waals surface area (Å²) < 4.78 is 2.00. The maximum Gasteiger partial charge on any atom is 0.252 e. The first-order valence-corrected chi connectivity index (χ1v) is 12.5. The van der Waals surface area contributed by atoms with E-state index >= 15 is 0 Å². The minimum Gasteiger partial charge on any atom is -0.322 e. The quantitative estimate of drug-likeness (QED) is 0.507. The fourth-order valence-electron chi connectivity index (χ4n) is 5.14. The summed E-state index contributed by atoms with van der Waals surface area (Å²) in [5, 5.41) is 14.1. The number of hydrogen-bond donors (Lipinski definition) is 1. The molecule has 2 aromatic heterocycles. The molecule has 3 aromatic rings. The van der Waals surface area contributed by atoms with E-state index in [2.05, 4.69) is 72.2 Å². The highest BCUT2D eigenvalue weighted by atomic mass is 16.1. The van der Waals surface area contributed by atoms with Crippen LogP contribution < -0.4 is 5.56 Å². The SMILES string of the molecule is CC[C@@H](c1nnnn1C(C)(C)CC)N(Cc1cc2cc(C)ccc2[nH]c1=O)C1CCCCC1. The molecule has 7 heteroatoms. The first-order valence-electron chi connectivity index (χ1n) is 12.5. The zero-order valence-corrected chi connectivity index (χ0v) is 20.8. The van der Waals surface area contributed by atoms with Crippen LogP contribution in [0.5, 0.6) is 0 Å². The van der Waals surface area contributed by atoms with Gasteiger partial charge in [0.05, 0.1) is 11.6 Å². The van der Waals surface area contributed by atoms with Crippen molar-refractivity contribution in [2.45, 2.75) is 104 Å². The Hall–Kier alpha value is -2.54. The summed E-state index contributed by atoms with van der Waals surface area (Å²) in [6.45, 7) is 11.4. The number of benzene rings is 1. The zero-order valence-electron chi connectivity index (χ0n) is 20.8. The number of fused-ring (bicyclic) bond motifs is 1. The number of aromatic amines is 1. The van der Waals surface area contributed by atoms with E-state index in [1.165, 1.54) is 24.8 Å². The second-order valence-corrected chi connectivity index (χ2v) is 10.2. The molecule has 1 N–H and O–H groups in total. The Labute approximate surface area is 196 Å². The van der Waals surface area contributed by atoms with Crippen LogP contribution in [0.1, 0.15) is 95.6 Å². The smallest absolute Gasteiger partial charge is 0.252 e. The highest BCUT2D eigenvalue weighted by Crippen LogP contribution is 2.34. The number of rotatable bonds is 8. The van der Waals surface area contributed by atoms with E-state index in [4.69, 9.17) is 0 Å². The van der Waals surface area contributed by atoms with E-state index in [9.17, 15) is 4.79 Å². The van der Waals surface area contributed by atoms with Crippen molar-refractivity contribution in [1.82, 2.24) is 30.1 Å². The Morgan fingerprint density at radius 3 is 2.64 bits per heavy atom. The normalized spacial score (nSPS) is 16.5. The van der Waals surface area contributed by atoms with Crippen LogP contribution in [0.15, 0.2) is 29.1 Å². The largest absolute Gasteiger partial charge is 0.322 e. The van der Waals surface area contributed by atoms with E-state index in [0.717, 1.165) is 48.0 Å². The van der Waals surface area contributed by atoms with Crippen LogP contribution in [0.25, 0.3) is 10.9 Å². The number of aryl methyl sites for hydroxylation is 1. The van der Waals surface area contributed by atoms with Crippen LogP contribution in [0.4, 0.5) is 0 Å². The van der Waals surface area contributed by atoms with Gasteiger partial charge in [-0.25, -0.2) is 4.68 Å². The maximum atomic E-state index is 13.1. The van der Waals surface area contributed by atoms with E-state index in [1.807, 2.05) is 16.8 Å². The van der Waals surface area contributed by atoms with Crippen LogP contribution in [-0.2, 0) is 12.1 Å². The fourth-order valence-corrected chi connectivity index (χ4v) is 5.14.